The summed E-state index contributed by atoms with van der Waals surface area (Å²) in [7, 11) is 0. The fraction of sp³-hybridized carbons (Fsp3) is 0.444. The molecule has 1 amide bonds. The molecule has 1 heterocycles. The van der Waals surface area contributed by atoms with E-state index in [1.165, 1.54) is 11.8 Å². The lowest BCUT2D eigenvalue weighted by atomic mass is 10.1. The Hall–Kier alpha value is -2.00. The van der Waals surface area contributed by atoms with Gasteiger partial charge in [0.1, 0.15) is 12.4 Å². The second-order valence-corrected chi connectivity index (χ2v) is 6.98. The van der Waals surface area contributed by atoms with Gasteiger partial charge < -0.3 is 14.6 Å². The molecule has 148 valence electrons. The van der Waals surface area contributed by atoms with Gasteiger partial charge in [0, 0.05) is 17.9 Å². The molecule has 0 radical (unpaired) electrons. The van der Waals surface area contributed by atoms with Crippen molar-refractivity contribution in [3.05, 3.63) is 52.4 Å². The molecule has 0 saturated carbocycles. The van der Waals surface area contributed by atoms with Crippen LogP contribution in [0.2, 0.25) is 0 Å². The second kappa shape index (κ2) is 9.80. The summed E-state index contributed by atoms with van der Waals surface area (Å²) in [5.74, 6) is 1.64. The zero-order chi connectivity index (χ0) is 19.9. The third kappa shape index (κ3) is 7.64. The molecule has 27 heavy (non-hydrogen) atoms. The third-order valence-electron chi connectivity index (χ3n) is 3.71. The van der Waals surface area contributed by atoms with Gasteiger partial charge in [-0.1, -0.05) is 29.4 Å². The maximum atomic E-state index is 12.0. The highest BCUT2D eigenvalue weighted by molar-refractivity contribution is 7.99. The number of aromatic nitrogens is 1. The Kier molecular flexibility index (Phi) is 7.73. The predicted octanol–water partition coefficient (Wildman–Crippen LogP) is 3.92. The van der Waals surface area contributed by atoms with Gasteiger partial charge in [-0.15, -0.1) is 11.8 Å². The van der Waals surface area contributed by atoms with Crippen LogP contribution in [-0.2, 0) is 28.4 Å². The maximum Gasteiger partial charge on any atom is 0.411 e. The van der Waals surface area contributed by atoms with Crippen LogP contribution in [0.3, 0.4) is 0 Å². The Bertz CT molecular complexity index is 726. The van der Waals surface area contributed by atoms with Crippen molar-refractivity contribution in [3.8, 4) is 0 Å². The fourth-order valence-corrected chi connectivity index (χ4v) is 3.25. The summed E-state index contributed by atoms with van der Waals surface area (Å²) in [5.41, 5.74) is 3.35. The van der Waals surface area contributed by atoms with Gasteiger partial charge in [-0.3, -0.25) is 4.79 Å². The van der Waals surface area contributed by atoms with Gasteiger partial charge in [0.15, 0.2) is 0 Å². The van der Waals surface area contributed by atoms with Crippen LogP contribution in [0, 0.1) is 13.8 Å². The molecule has 0 fully saturated rings. The largest absolute Gasteiger partial charge is 0.411 e. The summed E-state index contributed by atoms with van der Waals surface area (Å²) >= 11 is 1.48. The van der Waals surface area contributed by atoms with E-state index in [0.717, 1.165) is 22.6 Å². The molecule has 1 N–H and O–H groups in total. The van der Waals surface area contributed by atoms with Crippen LogP contribution in [0.1, 0.15) is 28.1 Å². The van der Waals surface area contributed by atoms with Crippen LogP contribution >= 0.6 is 11.8 Å². The van der Waals surface area contributed by atoms with Crippen molar-refractivity contribution in [1.82, 2.24) is 10.5 Å². The summed E-state index contributed by atoms with van der Waals surface area (Å²) in [5, 5.41) is 6.69. The Morgan fingerprint density at radius 3 is 2.48 bits per heavy atom. The zero-order valence-electron chi connectivity index (χ0n) is 15.1. The first-order valence-electron chi connectivity index (χ1n) is 8.23. The third-order valence-corrected chi connectivity index (χ3v) is 4.67. The van der Waals surface area contributed by atoms with E-state index in [1.807, 2.05) is 13.8 Å². The number of thioether (sulfide) groups is 1. The van der Waals surface area contributed by atoms with Gasteiger partial charge in [0.2, 0.25) is 5.91 Å². The van der Waals surface area contributed by atoms with E-state index in [2.05, 4.69) is 15.2 Å². The lowest BCUT2D eigenvalue weighted by molar-refractivity contribution is -0.176. The van der Waals surface area contributed by atoms with Gasteiger partial charge in [-0.2, -0.15) is 13.2 Å². The maximum absolute atomic E-state index is 12.0. The van der Waals surface area contributed by atoms with E-state index in [1.54, 1.807) is 24.3 Å². The smallest absolute Gasteiger partial charge is 0.367 e. The number of ether oxygens (including phenoxy) is 1. The van der Waals surface area contributed by atoms with Gasteiger partial charge in [0.05, 0.1) is 18.1 Å². The highest BCUT2D eigenvalue weighted by atomic mass is 32.2. The SMILES string of the molecule is Cc1noc(C)c1CSCC(=O)NCc1ccc(COCC(F)(F)F)cc1. The van der Waals surface area contributed by atoms with E-state index in [9.17, 15) is 18.0 Å². The Balaban J connectivity index is 1.67. The first kappa shape index (κ1) is 21.3. The molecular formula is C18H21F3N2O3S. The number of aryl methyl sites for hydroxylation is 2. The van der Waals surface area contributed by atoms with Crippen LogP contribution < -0.4 is 5.32 Å². The summed E-state index contributed by atoms with van der Waals surface area (Å²) in [6.07, 6.45) is -4.33. The molecule has 1 aromatic carbocycles. The van der Waals surface area contributed by atoms with E-state index in [0.29, 0.717) is 23.6 Å². The Morgan fingerprint density at radius 2 is 1.89 bits per heavy atom. The normalized spacial score (nSPS) is 11.6. The summed E-state index contributed by atoms with van der Waals surface area (Å²) in [6, 6.07) is 6.88. The molecule has 2 rings (SSSR count). The van der Waals surface area contributed by atoms with Crippen LogP contribution in [0.5, 0.6) is 0 Å². The molecule has 9 heteroatoms. The second-order valence-electron chi connectivity index (χ2n) is 6.00. The first-order valence-corrected chi connectivity index (χ1v) is 9.38. The molecule has 0 aliphatic rings. The molecule has 2 aromatic rings. The average Bonchev–Trinajstić information content (AvgIpc) is 2.92. The van der Waals surface area contributed by atoms with Crippen molar-refractivity contribution in [2.24, 2.45) is 0 Å². The van der Waals surface area contributed by atoms with Crippen molar-refractivity contribution < 1.29 is 27.2 Å². The minimum atomic E-state index is -4.33. The van der Waals surface area contributed by atoms with Crippen LogP contribution in [0.4, 0.5) is 13.2 Å². The van der Waals surface area contributed by atoms with Gasteiger partial charge in [-0.05, 0) is 25.0 Å². The lowest BCUT2D eigenvalue weighted by Gasteiger charge is -2.09. The number of benzene rings is 1. The molecule has 0 saturated heterocycles. The van der Waals surface area contributed by atoms with Crippen LogP contribution in [0.25, 0.3) is 0 Å². The highest BCUT2D eigenvalue weighted by Gasteiger charge is 2.27. The number of carbonyl (C=O) groups is 1. The van der Waals surface area contributed by atoms with Crippen molar-refractivity contribution in [2.75, 3.05) is 12.4 Å². The molecule has 0 spiro atoms. The summed E-state index contributed by atoms with van der Waals surface area (Å²) in [4.78, 5) is 11.9. The van der Waals surface area contributed by atoms with Gasteiger partial charge >= 0.3 is 6.18 Å². The number of alkyl halides is 3. The van der Waals surface area contributed by atoms with Crippen LogP contribution in [-0.4, -0.2) is 29.6 Å². The molecule has 0 atom stereocenters. The quantitative estimate of drug-likeness (QED) is 0.689. The minimum Gasteiger partial charge on any atom is -0.367 e. The van der Waals surface area contributed by atoms with Crippen molar-refractivity contribution >= 4 is 17.7 Å². The Labute approximate surface area is 159 Å². The number of nitrogens with one attached hydrogen (secondary N) is 1. The minimum absolute atomic E-state index is 0.0932. The zero-order valence-corrected chi connectivity index (χ0v) is 15.9. The topological polar surface area (TPSA) is 64.4 Å². The number of hydrogen-bond donors (Lipinski definition) is 1. The average molecular weight is 402 g/mol. The molecule has 0 bridgehead atoms. The number of amides is 1. The summed E-state index contributed by atoms with van der Waals surface area (Å²) in [6.45, 7) is 2.69. The van der Waals surface area contributed by atoms with Gasteiger partial charge in [0.25, 0.3) is 0 Å². The molecular weight excluding hydrogens is 381 g/mol. The monoisotopic (exact) mass is 402 g/mol. The summed E-state index contributed by atoms with van der Waals surface area (Å²) < 4.78 is 45.8. The predicted molar refractivity (Wildman–Crippen MR) is 96.1 cm³/mol. The van der Waals surface area contributed by atoms with E-state index < -0.39 is 12.8 Å². The molecule has 5 nitrogen and oxygen atoms in total. The number of rotatable bonds is 9. The van der Waals surface area contributed by atoms with Crippen molar-refractivity contribution in [1.29, 1.82) is 0 Å². The van der Waals surface area contributed by atoms with E-state index in [-0.39, 0.29) is 12.5 Å². The van der Waals surface area contributed by atoms with E-state index >= 15 is 0 Å². The first-order chi connectivity index (χ1) is 12.7. The molecule has 0 aliphatic heterocycles. The fourth-order valence-electron chi connectivity index (χ4n) is 2.24. The van der Waals surface area contributed by atoms with Crippen molar-refractivity contribution in [3.63, 3.8) is 0 Å². The molecule has 0 aliphatic carbocycles. The number of nitrogens with zero attached hydrogens (tertiary/aromatic N) is 1. The van der Waals surface area contributed by atoms with Gasteiger partial charge in [-0.25, -0.2) is 0 Å². The molecule has 1 aromatic heterocycles. The van der Waals surface area contributed by atoms with Crippen LogP contribution in [0.15, 0.2) is 28.8 Å². The number of carbonyl (C=O) groups excluding carboxylic acids is 1. The lowest BCUT2D eigenvalue weighted by Crippen LogP contribution is -2.24. The number of halogens is 3. The van der Waals surface area contributed by atoms with Crippen molar-refractivity contribution in [2.45, 2.75) is 38.9 Å². The number of hydrogen-bond acceptors (Lipinski definition) is 5. The highest BCUT2D eigenvalue weighted by Crippen LogP contribution is 2.19. The standard InChI is InChI=1S/C18H21F3N2O3S/c1-12-16(13(2)26-23-12)9-27-10-17(24)22-7-14-3-5-15(6-4-14)8-25-11-18(19,20)21/h3-6H,7-11H2,1-2H3,(H,22,24). The Morgan fingerprint density at radius 1 is 1.22 bits per heavy atom. The van der Waals surface area contributed by atoms with E-state index in [4.69, 9.17) is 4.52 Å². The molecule has 0 unspecified atom stereocenters.